The van der Waals surface area contributed by atoms with Gasteiger partial charge < -0.3 is 15.3 Å². The Kier molecular flexibility index (Phi) is 8.06. The fraction of sp³-hybridized carbons (Fsp3) is 0.741. The number of benzene rings is 1. The number of carbonyl (C=O) groups excluding carboxylic acids is 1. The van der Waals surface area contributed by atoms with E-state index in [9.17, 15) is 9.90 Å². The summed E-state index contributed by atoms with van der Waals surface area (Å²) in [6.07, 6.45) is 15.7. The van der Waals surface area contributed by atoms with Crippen molar-refractivity contribution in [2.24, 2.45) is 11.8 Å². The molecule has 1 aromatic rings. The molecule has 1 aromatic carbocycles. The molecule has 172 valence electrons. The number of likely N-dealkylation sites (tertiary alicyclic amines) is 1. The summed E-state index contributed by atoms with van der Waals surface area (Å²) < 4.78 is 0. The van der Waals surface area contributed by atoms with Crippen molar-refractivity contribution in [3.63, 3.8) is 0 Å². The van der Waals surface area contributed by atoms with Crippen molar-refractivity contribution < 1.29 is 9.90 Å². The Morgan fingerprint density at radius 2 is 1.45 bits per heavy atom. The third-order valence-corrected chi connectivity index (χ3v) is 8.17. The van der Waals surface area contributed by atoms with Gasteiger partial charge in [0.05, 0.1) is 0 Å². The van der Waals surface area contributed by atoms with Gasteiger partial charge in [-0.05, 0) is 50.0 Å². The summed E-state index contributed by atoms with van der Waals surface area (Å²) in [7, 11) is 0. The fourth-order valence-corrected chi connectivity index (χ4v) is 6.23. The average molecular weight is 427 g/mol. The Morgan fingerprint density at radius 3 is 2.10 bits per heavy atom. The molecule has 0 spiro atoms. The molecule has 4 nitrogen and oxygen atoms in total. The first-order valence-corrected chi connectivity index (χ1v) is 13.0. The van der Waals surface area contributed by atoms with Crippen LogP contribution in [0.4, 0.5) is 0 Å². The molecule has 1 saturated heterocycles. The van der Waals surface area contributed by atoms with Crippen molar-refractivity contribution in [3.05, 3.63) is 35.9 Å². The number of rotatable bonds is 6. The second kappa shape index (κ2) is 11.0. The molecular formula is C27H42N2O2. The van der Waals surface area contributed by atoms with Crippen LogP contribution in [0, 0.1) is 11.8 Å². The van der Waals surface area contributed by atoms with Crippen LogP contribution in [-0.2, 0) is 10.4 Å². The van der Waals surface area contributed by atoms with E-state index in [0.29, 0.717) is 0 Å². The lowest BCUT2D eigenvalue weighted by Crippen LogP contribution is -2.54. The number of hydrogen-bond acceptors (Lipinski definition) is 3. The van der Waals surface area contributed by atoms with Gasteiger partial charge in [-0.1, -0.05) is 75.3 Å². The molecule has 1 atom stereocenters. The summed E-state index contributed by atoms with van der Waals surface area (Å²) in [4.78, 5) is 16.1. The number of amides is 1. The van der Waals surface area contributed by atoms with Gasteiger partial charge in [-0.2, -0.15) is 0 Å². The normalized spacial score (nSPS) is 24.9. The molecule has 2 aliphatic carbocycles. The van der Waals surface area contributed by atoms with Crippen molar-refractivity contribution in [1.82, 2.24) is 10.2 Å². The Hall–Kier alpha value is -1.39. The largest absolute Gasteiger partial charge is 0.375 e. The van der Waals surface area contributed by atoms with Crippen LogP contribution in [0.1, 0.15) is 89.0 Å². The van der Waals surface area contributed by atoms with Crippen LogP contribution in [0.25, 0.3) is 0 Å². The number of aliphatic hydroxyl groups is 1. The standard InChI is InChI=1S/C27H42N2O2/c30-26(27(31,23-13-7-3-8-14-23)24-15-9-4-10-16-24)28-25-17-19-29(20-18-25)21-22-11-5-1-2-6-12-22/h3,7-8,13-14,22,24-25,31H,1-2,4-6,9-12,15-21H2,(H,28,30). The van der Waals surface area contributed by atoms with Gasteiger partial charge in [0.15, 0.2) is 5.60 Å². The quantitative estimate of drug-likeness (QED) is 0.629. The molecule has 0 aromatic heterocycles. The van der Waals surface area contributed by atoms with Crippen LogP contribution in [-0.4, -0.2) is 41.6 Å². The van der Waals surface area contributed by atoms with Crippen molar-refractivity contribution in [1.29, 1.82) is 0 Å². The first-order valence-electron chi connectivity index (χ1n) is 13.0. The van der Waals surface area contributed by atoms with E-state index in [1.165, 1.54) is 51.5 Å². The van der Waals surface area contributed by atoms with Crippen molar-refractivity contribution in [2.75, 3.05) is 19.6 Å². The minimum Gasteiger partial charge on any atom is -0.375 e. The van der Waals surface area contributed by atoms with E-state index in [0.717, 1.165) is 63.1 Å². The second-order valence-corrected chi connectivity index (χ2v) is 10.4. The molecule has 4 rings (SSSR count). The third kappa shape index (κ3) is 5.70. The predicted molar refractivity (Wildman–Crippen MR) is 126 cm³/mol. The van der Waals surface area contributed by atoms with Crippen LogP contribution in [0.15, 0.2) is 30.3 Å². The summed E-state index contributed by atoms with van der Waals surface area (Å²) >= 11 is 0. The molecule has 4 heteroatoms. The van der Waals surface area contributed by atoms with Gasteiger partial charge in [0.25, 0.3) is 5.91 Å². The molecule has 3 aliphatic rings. The van der Waals surface area contributed by atoms with E-state index in [2.05, 4.69) is 10.2 Å². The number of hydrogen-bond donors (Lipinski definition) is 2. The van der Waals surface area contributed by atoms with Crippen molar-refractivity contribution in [3.8, 4) is 0 Å². The maximum Gasteiger partial charge on any atom is 0.257 e. The summed E-state index contributed by atoms with van der Waals surface area (Å²) in [6, 6.07) is 9.83. The minimum absolute atomic E-state index is 0.0129. The first kappa shape index (κ1) is 22.8. The van der Waals surface area contributed by atoms with Gasteiger partial charge in [-0.15, -0.1) is 0 Å². The number of nitrogens with zero attached hydrogens (tertiary/aromatic N) is 1. The molecule has 1 amide bonds. The van der Waals surface area contributed by atoms with Gasteiger partial charge in [-0.25, -0.2) is 0 Å². The van der Waals surface area contributed by atoms with Gasteiger partial charge in [0.2, 0.25) is 0 Å². The van der Waals surface area contributed by atoms with E-state index in [-0.39, 0.29) is 17.9 Å². The first-order chi connectivity index (χ1) is 15.2. The van der Waals surface area contributed by atoms with Crippen LogP contribution in [0.5, 0.6) is 0 Å². The van der Waals surface area contributed by atoms with Crippen LogP contribution in [0.2, 0.25) is 0 Å². The highest BCUT2D eigenvalue weighted by Crippen LogP contribution is 2.40. The third-order valence-electron chi connectivity index (χ3n) is 8.17. The Morgan fingerprint density at radius 1 is 0.871 bits per heavy atom. The van der Waals surface area contributed by atoms with E-state index in [4.69, 9.17) is 0 Å². The molecule has 0 radical (unpaired) electrons. The maximum atomic E-state index is 13.5. The van der Waals surface area contributed by atoms with E-state index in [1.54, 1.807) is 0 Å². The SMILES string of the molecule is O=C(NC1CCN(CC2CCCCCC2)CC1)C(O)(c1ccccc1)C1CCCCC1. The van der Waals surface area contributed by atoms with Crippen LogP contribution < -0.4 is 5.32 Å². The summed E-state index contributed by atoms with van der Waals surface area (Å²) in [5.74, 6) is 0.704. The lowest BCUT2D eigenvalue weighted by molar-refractivity contribution is -0.150. The summed E-state index contributed by atoms with van der Waals surface area (Å²) in [5.41, 5.74) is -0.649. The number of carbonyl (C=O) groups is 1. The van der Waals surface area contributed by atoms with Crippen molar-refractivity contribution in [2.45, 2.75) is 95.1 Å². The van der Waals surface area contributed by atoms with Crippen LogP contribution >= 0.6 is 0 Å². The molecule has 2 N–H and O–H groups in total. The van der Waals surface area contributed by atoms with Gasteiger partial charge in [0, 0.05) is 31.6 Å². The topological polar surface area (TPSA) is 52.6 Å². The molecule has 1 heterocycles. The molecule has 2 saturated carbocycles. The Bertz CT molecular complexity index is 672. The van der Waals surface area contributed by atoms with E-state index >= 15 is 0 Å². The highest BCUT2D eigenvalue weighted by Gasteiger charge is 2.46. The lowest BCUT2D eigenvalue weighted by atomic mass is 9.72. The summed E-state index contributed by atoms with van der Waals surface area (Å²) in [6.45, 7) is 3.36. The highest BCUT2D eigenvalue weighted by atomic mass is 16.3. The molecular weight excluding hydrogens is 384 g/mol. The van der Waals surface area contributed by atoms with Gasteiger partial charge in [0.1, 0.15) is 0 Å². The fourth-order valence-electron chi connectivity index (χ4n) is 6.23. The maximum absolute atomic E-state index is 13.5. The zero-order chi connectivity index (χ0) is 21.5. The van der Waals surface area contributed by atoms with Crippen molar-refractivity contribution >= 4 is 5.91 Å². The molecule has 1 aliphatic heterocycles. The average Bonchev–Trinajstić information content (AvgIpc) is 3.09. The van der Waals surface area contributed by atoms with Gasteiger partial charge >= 0.3 is 0 Å². The zero-order valence-electron chi connectivity index (χ0n) is 19.2. The van der Waals surface area contributed by atoms with E-state index in [1.807, 2.05) is 30.3 Å². The predicted octanol–water partition coefficient (Wildman–Crippen LogP) is 5.01. The zero-order valence-corrected chi connectivity index (χ0v) is 19.2. The van der Waals surface area contributed by atoms with Gasteiger partial charge in [-0.3, -0.25) is 4.79 Å². The Balaban J connectivity index is 1.35. The summed E-state index contributed by atoms with van der Waals surface area (Å²) in [5, 5.41) is 15.1. The molecule has 31 heavy (non-hydrogen) atoms. The smallest absolute Gasteiger partial charge is 0.257 e. The van der Waals surface area contributed by atoms with Crippen LogP contribution in [0.3, 0.4) is 0 Å². The van der Waals surface area contributed by atoms with E-state index < -0.39 is 5.60 Å². The molecule has 3 fully saturated rings. The second-order valence-electron chi connectivity index (χ2n) is 10.4. The highest BCUT2D eigenvalue weighted by molar-refractivity contribution is 5.87. The Labute approximate surface area is 188 Å². The number of nitrogens with one attached hydrogen (secondary N) is 1. The monoisotopic (exact) mass is 426 g/mol. The molecule has 1 unspecified atom stereocenters. The lowest BCUT2D eigenvalue weighted by Gasteiger charge is -2.40. The number of piperidine rings is 1. The molecule has 0 bridgehead atoms. The minimum atomic E-state index is -1.40.